The highest BCUT2D eigenvalue weighted by molar-refractivity contribution is 5.45. The molecule has 19 heavy (non-hydrogen) atoms. The zero-order valence-corrected chi connectivity index (χ0v) is 10.8. The van der Waals surface area contributed by atoms with Crippen LogP contribution in [0.25, 0.3) is 0 Å². The second-order valence-corrected chi connectivity index (χ2v) is 4.11. The van der Waals surface area contributed by atoms with Gasteiger partial charge >= 0.3 is 0 Å². The van der Waals surface area contributed by atoms with Crippen LogP contribution in [0.5, 0.6) is 5.75 Å². The molecule has 0 spiro atoms. The number of nitrogens with zero attached hydrogens (tertiary/aromatic N) is 2. The molecule has 0 aliphatic heterocycles. The lowest BCUT2D eigenvalue weighted by Gasteiger charge is -2.07. The summed E-state index contributed by atoms with van der Waals surface area (Å²) in [5.41, 5.74) is 2.81. The lowest BCUT2D eigenvalue weighted by molar-refractivity contribution is 0.413. The number of nitriles is 1. The topological polar surface area (TPSA) is 57.9 Å². The van der Waals surface area contributed by atoms with Gasteiger partial charge in [-0.25, -0.2) is 0 Å². The number of aromatic nitrogens is 1. The lowest BCUT2D eigenvalue weighted by Crippen LogP contribution is -2.12. The van der Waals surface area contributed by atoms with Gasteiger partial charge in [-0.3, -0.25) is 4.98 Å². The third-order valence-electron chi connectivity index (χ3n) is 2.79. The van der Waals surface area contributed by atoms with E-state index in [1.165, 1.54) is 5.56 Å². The molecule has 4 heteroatoms. The van der Waals surface area contributed by atoms with Crippen molar-refractivity contribution in [1.29, 1.82) is 5.26 Å². The Balaban J connectivity index is 1.95. The van der Waals surface area contributed by atoms with Gasteiger partial charge in [0.25, 0.3) is 0 Å². The molecular weight excluding hydrogens is 238 g/mol. The number of benzene rings is 1. The molecule has 96 valence electrons. The monoisotopic (exact) mass is 253 g/mol. The second kappa shape index (κ2) is 6.53. The smallest absolute Gasteiger partial charge is 0.136 e. The first-order valence-corrected chi connectivity index (χ1v) is 6.00. The Morgan fingerprint density at radius 2 is 1.89 bits per heavy atom. The summed E-state index contributed by atoms with van der Waals surface area (Å²) in [4.78, 5) is 3.98. The first kappa shape index (κ1) is 13.1. The van der Waals surface area contributed by atoms with Crippen molar-refractivity contribution < 1.29 is 4.74 Å². The van der Waals surface area contributed by atoms with Gasteiger partial charge in [0.2, 0.25) is 0 Å². The van der Waals surface area contributed by atoms with Crippen LogP contribution in [0.4, 0.5) is 0 Å². The second-order valence-electron chi connectivity index (χ2n) is 4.11. The van der Waals surface area contributed by atoms with Crippen molar-refractivity contribution in [3.8, 4) is 11.8 Å². The molecule has 0 saturated carbocycles. The lowest BCUT2D eigenvalue weighted by atomic mass is 10.1. The SMILES string of the molecule is COc1ccc(CNCc2ccncc2)cc1C#N. The minimum atomic E-state index is 0.561. The van der Waals surface area contributed by atoms with E-state index in [0.717, 1.165) is 12.1 Å². The molecule has 0 fully saturated rings. The largest absolute Gasteiger partial charge is 0.495 e. The van der Waals surface area contributed by atoms with Gasteiger partial charge in [-0.05, 0) is 35.4 Å². The van der Waals surface area contributed by atoms with E-state index in [9.17, 15) is 0 Å². The molecule has 0 radical (unpaired) electrons. The molecule has 0 aliphatic rings. The van der Waals surface area contributed by atoms with Gasteiger partial charge in [0.15, 0.2) is 0 Å². The van der Waals surface area contributed by atoms with Crippen molar-refractivity contribution in [2.75, 3.05) is 7.11 Å². The summed E-state index contributed by atoms with van der Waals surface area (Å²) in [6, 6.07) is 11.7. The molecule has 0 atom stereocenters. The molecule has 2 aromatic rings. The Morgan fingerprint density at radius 3 is 2.58 bits per heavy atom. The normalized spacial score (nSPS) is 9.89. The molecule has 0 aliphatic carbocycles. The summed E-state index contributed by atoms with van der Waals surface area (Å²) in [6.45, 7) is 1.48. The zero-order chi connectivity index (χ0) is 13.5. The van der Waals surface area contributed by atoms with Gasteiger partial charge in [0.05, 0.1) is 12.7 Å². The van der Waals surface area contributed by atoms with Crippen LogP contribution < -0.4 is 10.1 Å². The van der Waals surface area contributed by atoms with Gasteiger partial charge in [-0.2, -0.15) is 5.26 Å². The molecule has 1 N–H and O–H groups in total. The van der Waals surface area contributed by atoms with Gasteiger partial charge in [0.1, 0.15) is 11.8 Å². The minimum Gasteiger partial charge on any atom is -0.495 e. The van der Waals surface area contributed by atoms with Gasteiger partial charge in [-0.15, -0.1) is 0 Å². The number of ether oxygens (including phenoxy) is 1. The maximum absolute atomic E-state index is 9.02. The van der Waals surface area contributed by atoms with Crippen molar-refractivity contribution >= 4 is 0 Å². The Kier molecular flexibility index (Phi) is 4.49. The van der Waals surface area contributed by atoms with Crippen LogP contribution in [0.2, 0.25) is 0 Å². The van der Waals surface area contributed by atoms with Crippen LogP contribution in [-0.2, 0) is 13.1 Å². The average molecular weight is 253 g/mol. The van der Waals surface area contributed by atoms with Gasteiger partial charge < -0.3 is 10.1 Å². The number of pyridine rings is 1. The number of hydrogen-bond acceptors (Lipinski definition) is 4. The standard InChI is InChI=1S/C15H15N3O/c1-19-15-3-2-13(8-14(15)9-16)11-18-10-12-4-6-17-7-5-12/h2-8,18H,10-11H2,1H3. The van der Waals surface area contributed by atoms with Crippen LogP contribution >= 0.6 is 0 Å². The van der Waals surface area contributed by atoms with E-state index >= 15 is 0 Å². The molecule has 0 amide bonds. The summed E-state index contributed by atoms with van der Waals surface area (Å²) in [7, 11) is 1.57. The fourth-order valence-corrected chi connectivity index (χ4v) is 1.80. The third-order valence-corrected chi connectivity index (χ3v) is 2.79. The van der Waals surface area contributed by atoms with Crippen molar-refractivity contribution in [1.82, 2.24) is 10.3 Å². The number of hydrogen-bond donors (Lipinski definition) is 1. The van der Waals surface area contributed by atoms with Crippen molar-refractivity contribution in [3.63, 3.8) is 0 Å². The molecule has 1 aromatic carbocycles. The predicted octanol–water partition coefficient (Wildman–Crippen LogP) is 2.25. The maximum atomic E-state index is 9.02. The van der Waals surface area contributed by atoms with Crippen LogP contribution in [0.3, 0.4) is 0 Å². The van der Waals surface area contributed by atoms with Gasteiger partial charge in [-0.1, -0.05) is 6.07 Å². The average Bonchev–Trinajstić information content (AvgIpc) is 2.48. The fourth-order valence-electron chi connectivity index (χ4n) is 1.80. The minimum absolute atomic E-state index is 0.561. The number of methoxy groups -OCH3 is 1. The summed E-state index contributed by atoms with van der Waals surface area (Å²) >= 11 is 0. The summed E-state index contributed by atoms with van der Waals surface area (Å²) < 4.78 is 5.12. The van der Waals surface area contributed by atoms with Crippen LogP contribution in [0.1, 0.15) is 16.7 Å². The van der Waals surface area contributed by atoms with E-state index in [0.29, 0.717) is 17.9 Å². The molecule has 0 saturated heterocycles. The van der Waals surface area contributed by atoms with E-state index in [2.05, 4.69) is 16.4 Å². The van der Waals surface area contributed by atoms with Crippen molar-refractivity contribution in [2.45, 2.75) is 13.1 Å². The predicted molar refractivity (Wildman–Crippen MR) is 72.5 cm³/mol. The van der Waals surface area contributed by atoms with Crippen molar-refractivity contribution in [3.05, 3.63) is 59.4 Å². The third kappa shape index (κ3) is 3.54. The van der Waals surface area contributed by atoms with Gasteiger partial charge in [0, 0.05) is 25.5 Å². The summed E-state index contributed by atoms with van der Waals surface area (Å²) in [5, 5.41) is 12.3. The molecular formula is C15H15N3O. The molecule has 1 aromatic heterocycles. The Bertz CT molecular complexity index is 576. The first-order valence-electron chi connectivity index (χ1n) is 6.00. The highest BCUT2D eigenvalue weighted by Crippen LogP contribution is 2.18. The highest BCUT2D eigenvalue weighted by Gasteiger charge is 2.03. The highest BCUT2D eigenvalue weighted by atomic mass is 16.5. The molecule has 1 heterocycles. The molecule has 0 unspecified atom stereocenters. The number of rotatable bonds is 5. The number of nitrogens with one attached hydrogen (secondary N) is 1. The van der Waals surface area contributed by atoms with Crippen molar-refractivity contribution in [2.24, 2.45) is 0 Å². The van der Waals surface area contributed by atoms with E-state index in [4.69, 9.17) is 10.00 Å². The maximum Gasteiger partial charge on any atom is 0.136 e. The summed E-state index contributed by atoms with van der Waals surface area (Å²) in [5.74, 6) is 0.611. The van der Waals surface area contributed by atoms with E-state index in [1.807, 2.05) is 30.3 Å². The van der Waals surface area contributed by atoms with Crippen LogP contribution in [0.15, 0.2) is 42.7 Å². The molecule has 4 nitrogen and oxygen atoms in total. The molecule has 0 bridgehead atoms. The first-order chi connectivity index (χ1) is 9.33. The van der Waals surface area contributed by atoms with E-state index in [-0.39, 0.29) is 0 Å². The fraction of sp³-hybridized carbons (Fsp3) is 0.200. The molecule has 2 rings (SSSR count). The van der Waals surface area contributed by atoms with Crippen LogP contribution in [0, 0.1) is 11.3 Å². The quantitative estimate of drug-likeness (QED) is 0.888. The summed E-state index contributed by atoms with van der Waals surface area (Å²) in [6.07, 6.45) is 3.55. The van der Waals surface area contributed by atoms with E-state index in [1.54, 1.807) is 19.5 Å². The Hall–Kier alpha value is -2.38. The van der Waals surface area contributed by atoms with E-state index < -0.39 is 0 Å². The zero-order valence-electron chi connectivity index (χ0n) is 10.8. The van der Waals surface area contributed by atoms with Crippen LogP contribution in [-0.4, -0.2) is 12.1 Å². The Labute approximate surface area is 112 Å². The Morgan fingerprint density at radius 1 is 1.16 bits per heavy atom.